The van der Waals surface area contributed by atoms with Crippen molar-refractivity contribution in [3.63, 3.8) is 0 Å². The molecule has 1 amide bonds. The molecule has 0 spiro atoms. The quantitative estimate of drug-likeness (QED) is 0.722. The molecule has 1 unspecified atom stereocenters. The first-order valence-corrected chi connectivity index (χ1v) is 8.92. The number of hydrogen-bond donors (Lipinski definition) is 1. The average Bonchev–Trinajstić information content (AvgIpc) is 2.91. The normalized spacial score (nSPS) is 16.8. The van der Waals surface area contributed by atoms with Crippen LogP contribution in [-0.4, -0.2) is 15.3 Å². The summed E-state index contributed by atoms with van der Waals surface area (Å²) in [6, 6.07) is 11.9. The van der Waals surface area contributed by atoms with E-state index in [1.807, 2.05) is 24.3 Å². The molecule has 3 aromatic rings. The summed E-state index contributed by atoms with van der Waals surface area (Å²) < 4.78 is 3.09. The predicted molar refractivity (Wildman–Crippen MR) is 98.2 cm³/mol. The van der Waals surface area contributed by atoms with Crippen molar-refractivity contribution in [3.8, 4) is 0 Å². The second-order valence-electron chi connectivity index (χ2n) is 6.38. The maximum Gasteiger partial charge on any atom is 0.227 e. The molecule has 1 aliphatic carbocycles. The molecule has 0 radical (unpaired) electrons. The smallest absolute Gasteiger partial charge is 0.227 e. The molecule has 0 aliphatic heterocycles. The predicted octanol–water partition coefficient (Wildman–Crippen LogP) is 4.15. The van der Waals surface area contributed by atoms with Gasteiger partial charge in [-0.3, -0.25) is 4.79 Å². The lowest BCUT2D eigenvalue weighted by atomic mass is 9.89. The number of imidazole rings is 1. The molecule has 1 N–H and O–H groups in total. The molecule has 0 saturated carbocycles. The summed E-state index contributed by atoms with van der Waals surface area (Å²) in [6.07, 6.45) is 4.49. The van der Waals surface area contributed by atoms with Gasteiger partial charge in [-0.25, -0.2) is 4.98 Å². The Hall–Kier alpha value is -2.14. The van der Waals surface area contributed by atoms with E-state index in [4.69, 9.17) is 4.98 Å². The van der Waals surface area contributed by atoms with Crippen LogP contribution in [0.15, 0.2) is 47.1 Å². The highest BCUT2D eigenvalue weighted by Gasteiger charge is 2.28. The van der Waals surface area contributed by atoms with Crippen LogP contribution in [0.5, 0.6) is 0 Å². The van der Waals surface area contributed by atoms with E-state index in [0.29, 0.717) is 0 Å². The molecule has 1 atom stereocenters. The number of nitrogens with one attached hydrogen (secondary N) is 1. The lowest BCUT2D eigenvalue weighted by Gasteiger charge is -2.21. The van der Waals surface area contributed by atoms with Gasteiger partial charge >= 0.3 is 0 Å². The number of aryl methyl sites for hydroxylation is 2. The number of fused-ring (bicyclic) bond motifs is 3. The van der Waals surface area contributed by atoms with E-state index in [1.165, 1.54) is 11.3 Å². The first-order valence-electron chi connectivity index (χ1n) is 8.13. The van der Waals surface area contributed by atoms with Gasteiger partial charge < -0.3 is 9.72 Å². The second-order valence-corrected chi connectivity index (χ2v) is 7.29. The van der Waals surface area contributed by atoms with Gasteiger partial charge in [-0.1, -0.05) is 22.0 Å². The molecule has 24 heavy (non-hydrogen) atoms. The Morgan fingerprint density at radius 3 is 3.04 bits per heavy atom. The van der Waals surface area contributed by atoms with Crippen LogP contribution in [0.3, 0.4) is 0 Å². The second kappa shape index (κ2) is 6.06. The monoisotopic (exact) mass is 383 g/mol. The number of rotatable bonds is 2. The number of carbonyl (C=O) groups excluding carboxylic acids is 1. The molecule has 5 heteroatoms. The van der Waals surface area contributed by atoms with Gasteiger partial charge in [0.25, 0.3) is 0 Å². The summed E-state index contributed by atoms with van der Waals surface area (Å²) >= 11 is 3.43. The number of carbonyl (C=O) groups is 1. The zero-order valence-electron chi connectivity index (χ0n) is 13.4. The summed E-state index contributed by atoms with van der Waals surface area (Å²) in [5, 5.41) is 3.03. The molecule has 4 nitrogen and oxygen atoms in total. The Morgan fingerprint density at radius 1 is 1.33 bits per heavy atom. The highest BCUT2D eigenvalue weighted by Crippen LogP contribution is 2.28. The number of pyridine rings is 1. The number of halogens is 1. The molecule has 1 aliphatic rings. The number of nitrogens with zero attached hydrogens (tertiary/aromatic N) is 2. The molecule has 2 heterocycles. The molecule has 4 rings (SSSR count). The lowest BCUT2D eigenvalue weighted by molar-refractivity contribution is -0.120. The SMILES string of the molecule is Cc1ccn2c3c(nc2c1)CCC(C(=O)Nc1cccc(Br)c1)C3. The summed E-state index contributed by atoms with van der Waals surface area (Å²) in [7, 11) is 0. The van der Waals surface area contributed by atoms with Gasteiger partial charge in [0, 0.05) is 34.4 Å². The highest BCUT2D eigenvalue weighted by molar-refractivity contribution is 9.10. The Bertz CT molecular complexity index is 932. The van der Waals surface area contributed by atoms with E-state index in [0.717, 1.165) is 40.8 Å². The third-order valence-corrected chi connectivity index (χ3v) is 5.09. The maximum atomic E-state index is 12.6. The van der Waals surface area contributed by atoms with Crippen LogP contribution in [-0.2, 0) is 17.6 Å². The fourth-order valence-electron chi connectivity index (χ4n) is 3.34. The largest absolute Gasteiger partial charge is 0.326 e. The van der Waals surface area contributed by atoms with Crippen LogP contribution in [0.25, 0.3) is 5.65 Å². The number of aromatic nitrogens is 2. The van der Waals surface area contributed by atoms with E-state index in [9.17, 15) is 4.79 Å². The number of benzene rings is 1. The average molecular weight is 384 g/mol. The van der Waals surface area contributed by atoms with Crippen LogP contribution in [0, 0.1) is 12.8 Å². The van der Waals surface area contributed by atoms with Gasteiger partial charge in [0.1, 0.15) is 5.65 Å². The minimum absolute atomic E-state index is 0.0160. The van der Waals surface area contributed by atoms with Gasteiger partial charge in [-0.15, -0.1) is 0 Å². The fraction of sp³-hybridized carbons (Fsp3) is 0.263. The van der Waals surface area contributed by atoms with Crippen LogP contribution in [0.1, 0.15) is 23.4 Å². The van der Waals surface area contributed by atoms with Crippen LogP contribution >= 0.6 is 15.9 Å². The van der Waals surface area contributed by atoms with Crippen molar-refractivity contribution >= 4 is 33.2 Å². The Balaban J connectivity index is 1.57. The molecular weight excluding hydrogens is 366 g/mol. The first kappa shape index (κ1) is 15.4. The zero-order chi connectivity index (χ0) is 16.7. The minimum atomic E-state index is -0.0160. The van der Waals surface area contributed by atoms with Gasteiger partial charge in [-0.05, 0) is 55.7 Å². The number of anilines is 1. The fourth-order valence-corrected chi connectivity index (χ4v) is 3.74. The lowest BCUT2D eigenvalue weighted by Crippen LogP contribution is -2.28. The van der Waals surface area contributed by atoms with Crippen molar-refractivity contribution in [2.24, 2.45) is 5.92 Å². The maximum absolute atomic E-state index is 12.6. The molecule has 2 aromatic heterocycles. The van der Waals surface area contributed by atoms with E-state index < -0.39 is 0 Å². The Morgan fingerprint density at radius 2 is 2.21 bits per heavy atom. The summed E-state index contributed by atoms with van der Waals surface area (Å²) in [6.45, 7) is 2.07. The number of hydrogen-bond acceptors (Lipinski definition) is 2. The molecule has 0 saturated heterocycles. The van der Waals surface area contributed by atoms with Crippen molar-refractivity contribution in [1.82, 2.24) is 9.38 Å². The van der Waals surface area contributed by atoms with Gasteiger partial charge in [-0.2, -0.15) is 0 Å². The van der Waals surface area contributed by atoms with Crippen molar-refractivity contribution in [2.45, 2.75) is 26.2 Å². The van der Waals surface area contributed by atoms with Crippen LogP contribution < -0.4 is 5.32 Å². The molecule has 1 aromatic carbocycles. The molecule has 0 bridgehead atoms. The Kier molecular flexibility index (Phi) is 3.88. The van der Waals surface area contributed by atoms with E-state index in [1.54, 1.807) is 0 Å². The summed E-state index contributed by atoms with van der Waals surface area (Å²) in [4.78, 5) is 17.4. The highest BCUT2D eigenvalue weighted by atomic mass is 79.9. The third-order valence-electron chi connectivity index (χ3n) is 4.60. The zero-order valence-corrected chi connectivity index (χ0v) is 15.0. The molecule has 0 fully saturated rings. The van der Waals surface area contributed by atoms with Gasteiger partial charge in [0.05, 0.1) is 5.69 Å². The van der Waals surface area contributed by atoms with E-state index >= 15 is 0 Å². The first-order chi connectivity index (χ1) is 11.6. The van der Waals surface area contributed by atoms with Gasteiger partial charge in [0.2, 0.25) is 5.91 Å². The van der Waals surface area contributed by atoms with Crippen LogP contribution in [0.4, 0.5) is 5.69 Å². The minimum Gasteiger partial charge on any atom is -0.326 e. The van der Waals surface area contributed by atoms with Crippen molar-refractivity contribution in [3.05, 3.63) is 64.0 Å². The topological polar surface area (TPSA) is 46.4 Å². The van der Waals surface area contributed by atoms with Crippen molar-refractivity contribution in [2.75, 3.05) is 5.32 Å². The summed E-state index contributed by atoms with van der Waals surface area (Å²) in [5.74, 6) is 0.0681. The Labute approximate surface area is 149 Å². The van der Waals surface area contributed by atoms with Crippen molar-refractivity contribution in [1.29, 1.82) is 0 Å². The number of amides is 1. The van der Waals surface area contributed by atoms with Crippen LogP contribution in [0.2, 0.25) is 0 Å². The molecule has 122 valence electrons. The molecular formula is C19H18BrN3O. The van der Waals surface area contributed by atoms with Gasteiger partial charge in [0.15, 0.2) is 0 Å². The summed E-state index contributed by atoms with van der Waals surface area (Å²) in [5.41, 5.74) is 5.31. The third kappa shape index (κ3) is 2.84. The van der Waals surface area contributed by atoms with Crippen molar-refractivity contribution < 1.29 is 4.79 Å². The van der Waals surface area contributed by atoms with E-state index in [-0.39, 0.29) is 11.8 Å². The van der Waals surface area contributed by atoms with E-state index in [2.05, 4.69) is 50.9 Å². The standard InChI is InChI=1S/C19H18BrN3O/c1-12-7-8-23-17-10-13(5-6-16(17)22-18(23)9-12)19(24)21-15-4-2-3-14(20)11-15/h2-4,7-9,11,13H,5-6,10H2,1H3,(H,21,24).